The lowest BCUT2D eigenvalue weighted by atomic mass is 10.2. The van der Waals surface area contributed by atoms with Gasteiger partial charge in [-0.2, -0.15) is 4.31 Å². The standard InChI is InChI=1S/C16H20N4O4S.ClH/c1-19-8-7-18-15(19)14-11-17-6-9-20(14)25(22,23)13-5-3-4-12(10-13)16(21)24-2;/h3-5,7-8,10,14,17H,6,9,11H2,1-2H3;1H. The van der Waals surface area contributed by atoms with Crippen LogP contribution < -0.4 is 5.32 Å². The van der Waals surface area contributed by atoms with Gasteiger partial charge in [0.15, 0.2) is 0 Å². The quantitative estimate of drug-likeness (QED) is 0.768. The van der Waals surface area contributed by atoms with Gasteiger partial charge < -0.3 is 14.6 Å². The highest BCUT2D eigenvalue weighted by molar-refractivity contribution is 7.89. The molecule has 0 radical (unpaired) electrons. The zero-order valence-corrected chi connectivity index (χ0v) is 16.1. The van der Waals surface area contributed by atoms with Crippen LogP contribution in [-0.4, -0.2) is 55.0 Å². The van der Waals surface area contributed by atoms with Gasteiger partial charge in [-0.3, -0.25) is 0 Å². The van der Waals surface area contributed by atoms with Crippen molar-refractivity contribution in [1.82, 2.24) is 19.2 Å². The van der Waals surface area contributed by atoms with E-state index < -0.39 is 22.0 Å². The van der Waals surface area contributed by atoms with E-state index >= 15 is 0 Å². The lowest BCUT2D eigenvalue weighted by Crippen LogP contribution is -2.49. The van der Waals surface area contributed by atoms with Crippen molar-refractivity contribution < 1.29 is 17.9 Å². The Labute approximate surface area is 158 Å². The maximum Gasteiger partial charge on any atom is 0.337 e. The van der Waals surface area contributed by atoms with Crippen LogP contribution in [0.5, 0.6) is 0 Å². The fourth-order valence-corrected chi connectivity index (χ4v) is 4.56. The van der Waals surface area contributed by atoms with Gasteiger partial charge in [0.1, 0.15) is 5.82 Å². The molecule has 8 nitrogen and oxygen atoms in total. The number of carbonyl (C=O) groups excluding carboxylic acids is 1. The van der Waals surface area contributed by atoms with Gasteiger partial charge in [0.2, 0.25) is 10.0 Å². The van der Waals surface area contributed by atoms with Gasteiger partial charge in [-0.1, -0.05) is 6.07 Å². The van der Waals surface area contributed by atoms with Gasteiger partial charge in [0.25, 0.3) is 0 Å². The van der Waals surface area contributed by atoms with Crippen molar-refractivity contribution in [2.45, 2.75) is 10.9 Å². The number of aryl methyl sites for hydroxylation is 1. The monoisotopic (exact) mass is 400 g/mol. The van der Waals surface area contributed by atoms with Crippen molar-refractivity contribution in [3.63, 3.8) is 0 Å². The first-order valence-electron chi connectivity index (χ1n) is 7.83. The van der Waals surface area contributed by atoms with Crippen LogP contribution in [0.1, 0.15) is 22.2 Å². The molecule has 1 aromatic carbocycles. The average Bonchev–Trinajstić information content (AvgIpc) is 3.07. The van der Waals surface area contributed by atoms with E-state index in [2.05, 4.69) is 15.0 Å². The minimum absolute atomic E-state index is 0. The number of ether oxygens (including phenoxy) is 1. The Morgan fingerprint density at radius 3 is 2.81 bits per heavy atom. The number of rotatable bonds is 4. The molecule has 142 valence electrons. The van der Waals surface area contributed by atoms with E-state index in [1.165, 1.54) is 35.7 Å². The first kappa shape index (κ1) is 20.4. The smallest absolute Gasteiger partial charge is 0.337 e. The topological polar surface area (TPSA) is 93.5 Å². The summed E-state index contributed by atoms with van der Waals surface area (Å²) in [6.07, 6.45) is 3.43. The molecule has 1 N–H and O–H groups in total. The Morgan fingerprint density at radius 2 is 2.15 bits per heavy atom. The SMILES string of the molecule is COC(=O)c1cccc(S(=O)(=O)N2CCNCC2c2nccn2C)c1.Cl. The third-order valence-corrected chi connectivity index (χ3v) is 6.12. The van der Waals surface area contributed by atoms with Crippen LogP contribution >= 0.6 is 12.4 Å². The first-order valence-corrected chi connectivity index (χ1v) is 9.27. The number of carbonyl (C=O) groups is 1. The van der Waals surface area contributed by atoms with Gasteiger partial charge in [0, 0.05) is 39.1 Å². The summed E-state index contributed by atoms with van der Waals surface area (Å²) in [6.45, 7) is 1.35. The van der Waals surface area contributed by atoms with Crippen molar-refractivity contribution in [2.24, 2.45) is 7.05 Å². The largest absolute Gasteiger partial charge is 0.465 e. The van der Waals surface area contributed by atoms with E-state index in [9.17, 15) is 13.2 Å². The zero-order valence-electron chi connectivity index (χ0n) is 14.5. The number of halogens is 1. The number of esters is 1. The average molecular weight is 401 g/mol. The predicted molar refractivity (Wildman–Crippen MR) is 97.7 cm³/mol. The fourth-order valence-electron chi connectivity index (χ4n) is 2.93. The molecule has 10 heteroatoms. The minimum atomic E-state index is -3.79. The molecule has 26 heavy (non-hydrogen) atoms. The fraction of sp³-hybridized carbons (Fsp3) is 0.375. The maximum absolute atomic E-state index is 13.2. The highest BCUT2D eigenvalue weighted by atomic mass is 35.5. The number of hydrogen-bond donors (Lipinski definition) is 1. The second-order valence-corrected chi connectivity index (χ2v) is 7.64. The number of sulfonamides is 1. The summed E-state index contributed by atoms with van der Waals surface area (Å²) in [5, 5.41) is 3.21. The Hall–Kier alpha value is -1.94. The zero-order chi connectivity index (χ0) is 18.0. The molecule has 1 atom stereocenters. The van der Waals surface area contributed by atoms with Crippen LogP contribution in [0, 0.1) is 0 Å². The maximum atomic E-state index is 13.2. The molecular weight excluding hydrogens is 380 g/mol. The molecule has 3 rings (SSSR count). The summed E-state index contributed by atoms with van der Waals surface area (Å²) in [6, 6.07) is 5.48. The molecule has 0 amide bonds. The van der Waals surface area contributed by atoms with Gasteiger partial charge in [-0.15, -0.1) is 12.4 Å². The van der Waals surface area contributed by atoms with Crippen molar-refractivity contribution in [3.05, 3.63) is 48.0 Å². The van der Waals surface area contributed by atoms with E-state index in [-0.39, 0.29) is 22.9 Å². The van der Waals surface area contributed by atoms with Crippen molar-refractivity contribution in [1.29, 1.82) is 0 Å². The van der Waals surface area contributed by atoms with Crippen molar-refractivity contribution >= 4 is 28.4 Å². The van der Waals surface area contributed by atoms with Gasteiger partial charge >= 0.3 is 5.97 Å². The first-order chi connectivity index (χ1) is 11.9. The third-order valence-electron chi connectivity index (χ3n) is 4.21. The molecular formula is C16H21ClN4O4S. The van der Waals surface area contributed by atoms with Crippen LogP contribution in [0.15, 0.2) is 41.6 Å². The Kier molecular flexibility index (Phi) is 6.40. The van der Waals surface area contributed by atoms with Crippen LogP contribution in [0.25, 0.3) is 0 Å². The molecule has 0 bridgehead atoms. The summed E-state index contributed by atoms with van der Waals surface area (Å²) in [5.74, 6) is 0.0953. The second-order valence-electron chi connectivity index (χ2n) is 5.75. The van der Waals surface area contributed by atoms with Crippen LogP contribution in [0.2, 0.25) is 0 Å². The molecule has 1 unspecified atom stereocenters. The normalized spacial score (nSPS) is 18.2. The Bertz CT molecular complexity index is 884. The predicted octanol–water partition coefficient (Wildman–Crippen LogP) is 0.964. The molecule has 1 fully saturated rings. The molecule has 1 aliphatic heterocycles. The lowest BCUT2D eigenvalue weighted by Gasteiger charge is -2.34. The molecule has 0 aliphatic carbocycles. The van der Waals surface area contributed by atoms with Crippen LogP contribution in [-0.2, 0) is 21.8 Å². The molecule has 1 aromatic heterocycles. The van der Waals surface area contributed by atoms with Gasteiger partial charge in [-0.25, -0.2) is 18.2 Å². The summed E-state index contributed by atoms with van der Waals surface area (Å²) < 4.78 is 34.3. The van der Waals surface area contributed by atoms with E-state index in [0.717, 1.165) is 0 Å². The van der Waals surface area contributed by atoms with E-state index in [4.69, 9.17) is 0 Å². The van der Waals surface area contributed by atoms with E-state index in [1.54, 1.807) is 12.4 Å². The summed E-state index contributed by atoms with van der Waals surface area (Å²) in [7, 11) is -0.692. The van der Waals surface area contributed by atoms with E-state index in [0.29, 0.717) is 25.5 Å². The number of hydrogen-bond acceptors (Lipinski definition) is 6. The lowest BCUT2D eigenvalue weighted by molar-refractivity contribution is 0.0600. The molecule has 1 saturated heterocycles. The number of nitrogens with zero attached hydrogens (tertiary/aromatic N) is 3. The molecule has 0 spiro atoms. The number of methoxy groups -OCH3 is 1. The highest BCUT2D eigenvalue weighted by Crippen LogP contribution is 2.28. The minimum Gasteiger partial charge on any atom is -0.465 e. The Morgan fingerprint density at radius 1 is 1.38 bits per heavy atom. The van der Waals surface area contributed by atoms with Crippen LogP contribution in [0.4, 0.5) is 0 Å². The molecule has 2 heterocycles. The number of benzene rings is 1. The third kappa shape index (κ3) is 3.75. The van der Waals surface area contributed by atoms with Crippen LogP contribution in [0.3, 0.4) is 0 Å². The summed E-state index contributed by atoms with van der Waals surface area (Å²) in [5.41, 5.74) is 0.201. The number of aromatic nitrogens is 2. The van der Waals surface area contributed by atoms with Gasteiger partial charge in [0.05, 0.1) is 23.6 Å². The molecule has 1 aliphatic rings. The summed E-state index contributed by atoms with van der Waals surface area (Å²) >= 11 is 0. The van der Waals surface area contributed by atoms with Gasteiger partial charge in [-0.05, 0) is 18.2 Å². The summed E-state index contributed by atoms with van der Waals surface area (Å²) in [4.78, 5) is 16.1. The van der Waals surface area contributed by atoms with Crippen molar-refractivity contribution in [2.75, 3.05) is 26.7 Å². The van der Waals surface area contributed by atoms with E-state index in [1.807, 2.05) is 11.6 Å². The number of nitrogens with one attached hydrogen (secondary N) is 1. The van der Waals surface area contributed by atoms with Crippen molar-refractivity contribution in [3.8, 4) is 0 Å². The Balaban J connectivity index is 0.00000243. The molecule has 0 saturated carbocycles. The highest BCUT2D eigenvalue weighted by Gasteiger charge is 2.36. The number of imidazole rings is 1. The molecule has 2 aromatic rings. The number of piperazine rings is 1. The second kappa shape index (κ2) is 8.17.